The fourth-order valence-corrected chi connectivity index (χ4v) is 2.68. The molecule has 0 saturated carbocycles. The molecule has 5 heteroatoms. The lowest BCUT2D eigenvalue weighted by Crippen LogP contribution is -2.11. The number of aromatic hydroxyl groups is 1. The highest BCUT2D eigenvalue weighted by molar-refractivity contribution is 5.70. The summed E-state index contributed by atoms with van der Waals surface area (Å²) in [7, 11) is 0. The van der Waals surface area contributed by atoms with Crippen molar-refractivity contribution in [1.29, 1.82) is 0 Å². The van der Waals surface area contributed by atoms with Crippen LogP contribution in [0.25, 0.3) is 0 Å². The topological polar surface area (TPSA) is 76.0 Å². The van der Waals surface area contributed by atoms with Crippen molar-refractivity contribution in [2.45, 2.75) is 59.8 Å². The van der Waals surface area contributed by atoms with Crippen molar-refractivity contribution in [2.24, 2.45) is 0 Å². The Labute approximate surface area is 131 Å². The van der Waals surface area contributed by atoms with Crippen molar-refractivity contribution in [3.63, 3.8) is 0 Å². The first-order chi connectivity index (χ1) is 10.5. The van der Waals surface area contributed by atoms with Gasteiger partial charge in [0.15, 0.2) is 11.5 Å². The van der Waals surface area contributed by atoms with Gasteiger partial charge in [0.05, 0.1) is 6.61 Å². The van der Waals surface area contributed by atoms with Crippen LogP contribution in [-0.2, 0) is 19.3 Å². The second kappa shape index (κ2) is 8.51. The second-order valence-electron chi connectivity index (χ2n) is 5.07. The standard InChI is InChI=1S/C17H26O5/c1-5-9-10-21-15-13(8-4)11(6-2)12(7-3)14(18)16(15)22-17(19)20/h18H,5-10H2,1-4H3,(H,19,20). The highest BCUT2D eigenvalue weighted by Crippen LogP contribution is 2.46. The van der Waals surface area contributed by atoms with E-state index in [1.165, 1.54) is 0 Å². The molecular weight excluding hydrogens is 284 g/mol. The molecule has 0 radical (unpaired) electrons. The first kappa shape index (κ1) is 18.1. The highest BCUT2D eigenvalue weighted by atomic mass is 16.7. The van der Waals surface area contributed by atoms with E-state index in [2.05, 4.69) is 0 Å². The maximum atomic E-state index is 11.0. The number of hydrogen-bond acceptors (Lipinski definition) is 4. The van der Waals surface area contributed by atoms with Crippen LogP contribution in [0.3, 0.4) is 0 Å². The Morgan fingerprint density at radius 2 is 1.55 bits per heavy atom. The van der Waals surface area contributed by atoms with Crippen LogP contribution in [0.15, 0.2) is 0 Å². The summed E-state index contributed by atoms with van der Waals surface area (Å²) in [6.07, 6.45) is 2.41. The van der Waals surface area contributed by atoms with E-state index in [4.69, 9.17) is 14.6 Å². The van der Waals surface area contributed by atoms with Gasteiger partial charge in [-0.25, -0.2) is 4.79 Å². The molecule has 1 aromatic carbocycles. The molecule has 1 rings (SSSR count). The van der Waals surface area contributed by atoms with E-state index >= 15 is 0 Å². The molecule has 0 aliphatic heterocycles. The molecule has 0 unspecified atom stereocenters. The number of phenolic OH excluding ortho intramolecular Hbond substituents is 1. The summed E-state index contributed by atoms with van der Waals surface area (Å²) in [5, 5.41) is 19.4. The molecule has 0 aliphatic carbocycles. The van der Waals surface area contributed by atoms with Gasteiger partial charge in [-0.15, -0.1) is 0 Å². The fraction of sp³-hybridized carbons (Fsp3) is 0.588. The quantitative estimate of drug-likeness (QED) is 0.425. The lowest BCUT2D eigenvalue weighted by molar-refractivity contribution is 0.140. The minimum Gasteiger partial charge on any atom is -0.504 e. The van der Waals surface area contributed by atoms with Gasteiger partial charge < -0.3 is 19.7 Å². The van der Waals surface area contributed by atoms with E-state index in [-0.39, 0.29) is 11.5 Å². The molecule has 2 N–H and O–H groups in total. The van der Waals surface area contributed by atoms with Gasteiger partial charge in [-0.05, 0) is 31.2 Å². The number of benzene rings is 1. The van der Waals surface area contributed by atoms with Gasteiger partial charge in [0.2, 0.25) is 5.75 Å². The molecule has 0 bridgehead atoms. The van der Waals surface area contributed by atoms with Crippen molar-refractivity contribution in [1.82, 2.24) is 0 Å². The third-order valence-electron chi connectivity index (χ3n) is 3.70. The van der Waals surface area contributed by atoms with Crippen LogP contribution in [0.5, 0.6) is 17.2 Å². The molecule has 0 amide bonds. The number of rotatable bonds is 8. The van der Waals surface area contributed by atoms with Gasteiger partial charge in [0.25, 0.3) is 0 Å². The Balaban J connectivity index is 3.51. The molecule has 22 heavy (non-hydrogen) atoms. The summed E-state index contributed by atoms with van der Waals surface area (Å²) < 4.78 is 10.6. The predicted molar refractivity (Wildman–Crippen MR) is 85.3 cm³/mol. The minimum absolute atomic E-state index is 0.0745. The van der Waals surface area contributed by atoms with Gasteiger partial charge >= 0.3 is 6.16 Å². The lowest BCUT2D eigenvalue weighted by atomic mass is 9.93. The van der Waals surface area contributed by atoms with Crippen LogP contribution in [-0.4, -0.2) is 23.0 Å². The molecule has 0 saturated heterocycles. The third kappa shape index (κ3) is 3.84. The molecule has 124 valence electrons. The largest absolute Gasteiger partial charge is 0.511 e. The van der Waals surface area contributed by atoms with Gasteiger partial charge in [-0.1, -0.05) is 34.1 Å². The Hall–Kier alpha value is -1.91. The number of carbonyl (C=O) groups is 1. The number of phenols is 1. The molecule has 0 heterocycles. The molecule has 5 nitrogen and oxygen atoms in total. The molecule has 0 aliphatic rings. The van der Waals surface area contributed by atoms with E-state index < -0.39 is 6.16 Å². The molecule has 0 spiro atoms. The first-order valence-electron chi connectivity index (χ1n) is 7.94. The zero-order valence-corrected chi connectivity index (χ0v) is 13.9. The smallest absolute Gasteiger partial charge is 0.504 e. The van der Waals surface area contributed by atoms with Crippen LogP contribution in [0.1, 0.15) is 57.2 Å². The van der Waals surface area contributed by atoms with Gasteiger partial charge in [0, 0.05) is 11.1 Å². The van der Waals surface area contributed by atoms with Crippen LogP contribution >= 0.6 is 0 Å². The lowest BCUT2D eigenvalue weighted by Gasteiger charge is -2.21. The molecule has 0 fully saturated rings. The predicted octanol–water partition coefficient (Wildman–Crippen LogP) is 4.32. The second-order valence-corrected chi connectivity index (χ2v) is 5.07. The maximum absolute atomic E-state index is 11.0. The van der Waals surface area contributed by atoms with Gasteiger partial charge in [0.1, 0.15) is 0 Å². The van der Waals surface area contributed by atoms with E-state index in [9.17, 15) is 9.90 Å². The minimum atomic E-state index is -1.45. The van der Waals surface area contributed by atoms with Crippen molar-refractivity contribution >= 4 is 6.16 Å². The SMILES string of the molecule is CCCCOc1c(CC)c(CC)c(CC)c(O)c1OC(=O)O. The number of unbranched alkanes of at least 4 members (excludes halogenated alkanes) is 1. The van der Waals surface area contributed by atoms with E-state index in [1.54, 1.807) is 0 Å². The molecule has 1 aromatic rings. The summed E-state index contributed by atoms with van der Waals surface area (Å²) in [4.78, 5) is 11.0. The fourth-order valence-electron chi connectivity index (χ4n) is 2.68. The zero-order valence-electron chi connectivity index (χ0n) is 13.9. The van der Waals surface area contributed by atoms with Crippen molar-refractivity contribution in [3.8, 4) is 17.2 Å². The van der Waals surface area contributed by atoms with Crippen LogP contribution in [0, 0.1) is 0 Å². The summed E-state index contributed by atoms with van der Waals surface area (Å²) in [5.74, 6) is 0.171. The van der Waals surface area contributed by atoms with Crippen molar-refractivity contribution < 1.29 is 24.5 Å². The average molecular weight is 310 g/mol. The Kier molecular flexibility index (Phi) is 7.02. The first-order valence-corrected chi connectivity index (χ1v) is 7.94. The number of ether oxygens (including phenoxy) is 2. The normalized spacial score (nSPS) is 10.5. The highest BCUT2D eigenvalue weighted by Gasteiger charge is 2.25. The van der Waals surface area contributed by atoms with E-state index in [0.29, 0.717) is 25.2 Å². The summed E-state index contributed by atoms with van der Waals surface area (Å²) in [6, 6.07) is 0. The third-order valence-corrected chi connectivity index (χ3v) is 3.70. The Morgan fingerprint density at radius 3 is 2.00 bits per heavy atom. The monoisotopic (exact) mass is 310 g/mol. The molecule has 0 aromatic heterocycles. The summed E-state index contributed by atoms with van der Waals surface area (Å²) >= 11 is 0. The van der Waals surface area contributed by atoms with Crippen molar-refractivity contribution in [2.75, 3.05) is 6.61 Å². The van der Waals surface area contributed by atoms with E-state index in [0.717, 1.165) is 36.0 Å². The maximum Gasteiger partial charge on any atom is 0.511 e. The Bertz CT molecular complexity index is 523. The Morgan fingerprint density at radius 1 is 0.955 bits per heavy atom. The molecule has 0 atom stereocenters. The average Bonchev–Trinajstić information content (AvgIpc) is 2.49. The van der Waals surface area contributed by atoms with Gasteiger partial charge in [-0.2, -0.15) is 0 Å². The zero-order chi connectivity index (χ0) is 16.7. The summed E-state index contributed by atoms with van der Waals surface area (Å²) in [6.45, 7) is 8.44. The van der Waals surface area contributed by atoms with E-state index in [1.807, 2.05) is 27.7 Å². The van der Waals surface area contributed by atoms with Crippen LogP contribution in [0.2, 0.25) is 0 Å². The summed E-state index contributed by atoms with van der Waals surface area (Å²) in [5.41, 5.74) is 2.68. The number of hydrogen-bond donors (Lipinski definition) is 2. The number of carboxylic acid groups (broad SMARTS) is 1. The van der Waals surface area contributed by atoms with Crippen LogP contribution in [0.4, 0.5) is 4.79 Å². The van der Waals surface area contributed by atoms with Crippen molar-refractivity contribution in [3.05, 3.63) is 16.7 Å². The van der Waals surface area contributed by atoms with Gasteiger partial charge in [-0.3, -0.25) is 0 Å². The molecular formula is C17H26O5. The van der Waals surface area contributed by atoms with Crippen LogP contribution < -0.4 is 9.47 Å².